The highest BCUT2D eigenvalue weighted by molar-refractivity contribution is 6.08. The number of hydrazine groups is 1. The van der Waals surface area contributed by atoms with Crippen molar-refractivity contribution in [2.45, 2.75) is 25.3 Å². The highest BCUT2D eigenvalue weighted by Gasteiger charge is 2.48. The second-order valence-corrected chi connectivity index (χ2v) is 7.49. The van der Waals surface area contributed by atoms with E-state index in [2.05, 4.69) is 15.7 Å². The minimum atomic E-state index is -1.07. The van der Waals surface area contributed by atoms with Crippen LogP contribution >= 0.6 is 0 Å². The van der Waals surface area contributed by atoms with E-state index in [0.29, 0.717) is 12.8 Å². The first-order valence-electron chi connectivity index (χ1n) is 9.72. The second kappa shape index (κ2) is 7.87. The molecule has 0 aliphatic carbocycles. The molecule has 4 amide bonds. The predicted molar refractivity (Wildman–Crippen MR) is 114 cm³/mol. The molecule has 2 aromatic carbocycles. The molecule has 1 fully saturated rings. The van der Waals surface area contributed by atoms with E-state index in [0.717, 1.165) is 27.0 Å². The van der Waals surface area contributed by atoms with E-state index in [4.69, 9.17) is 0 Å². The molecule has 0 spiro atoms. The van der Waals surface area contributed by atoms with E-state index in [1.54, 1.807) is 19.2 Å². The monoisotopic (exact) mass is 402 g/mol. The molecule has 2 heterocycles. The van der Waals surface area contributed by atoms with E-state index in [-0.39, 0.29) is 0 Å². The Kier molecular flexibility index (Phi) is 5.10. The van der Waals surface area contributed by atoms with Crippen molar-refractivity contribution in [2.24, 2.45) is 0 Å². The number of amides is 4. The number of rotatable bonds is 6. The maximum Gasteiger partial charge on any atom is 0.344 e. The third kappa shape index (κ3) is 3.82. The molecule has 1 aromatic heterocycles. The lowest BCUT2D eigenvalue weighted by Gasteiger charge is -2.21. The zero-order valence-electron chi connectivity index (χ0n) is 16.5. The van der Waals surface area contributed by atoms with Gasteiger partial charge in [0, 0.05) is 23.2 Å². The summed E-state index contributed by atoms with van der Waals surface area (Å²) in [5.74, 6) is -1.03. The largest absolute Gasteiger partial charge is 0.361 e. The average Bonchev–Trinajstić information content (AvgIpc) is 3.26. The molecular formula is C23H22N4O3. The van der Waals surface area contributed by atoms with Crippen molar-refractivity contribution in [1.82, 2.24) is 20.7 Å². The topological polar surface area (TPSA) is 94.3 Å². The van der Waals surface area contributed by atoms with Crippen LogP contribution in [0.4, 0.5) is 4.79 Å². The zero-order valence-corrected chi connectivity index (χ0v) is 16.5. The number of aromatic amines is 1. The van der Waals surface area contributed by atoms with Crippen LogP contribution in [0, 0.1) is 0 Å². The number of para-hydroxylation sites is 1. The van der Waals surface area contributed by atoms with Gasteiger partial charge in [0.05, 0.1) is 0 Å². The summed E-state index contributed by atoms with van der Waals surface area (Å²) in [4.78, 5) is 40.6. The minimum Gasteiger partial charge on any atom is -0.361 e. The molecule has 0 radical (unpaired) electrons. The second-order valence-electron chi connectivity index (χ2n) is 7.49. The number of nitrogens with one attached hydrogen (secondary N) is 3. The van der Waals surface area contributed by atoms with Crippen LogP contribution in [0.15, 0.2) is 66.9 Å². The van der Waals surface area contributed by atoms with E-state index in [9.17, 15) is 14.4 Å². The first-order chi connectivity index (χ1) is 14.5. The fourth-order valence-corrected chi connectivity index (χ4v) is 3.54. The van der Waals surface area contributed by atoms with Crippen molar-refractivity contribution in [2.75, 3.05) is 0 Å². The number of nitrogens with zero attached hydrogens (tertiary/aromatic N) is 1. The molecule has 0 saturated carbocycles. The number of fused-ring (bicyclic) bond motifs is 1. The first kappa shape index (κ1) is 19.4. The Morgan fingerprint density at radius 2 is 1.83 bits per heavy atom. The van der Waals surface area contributed by atoms with Gasteiger partial charge in [-0.1, -0.05) is 48.5 Å². The van der Waals surface area contributed by atoms with Crippen LogP contribution in [0.25, 0.3) is 17.0 Å². The molecule has 1 aliphatic heterocycles. The highest BCUT2D eigenvalue weighted by atomic mass is 16.2. The van der Waals surface area contributed by atoms with Gasteiger partial charge in [0.25, 0.3) is 11.8 Å². The van der Waals surface area contributed by atoms with Crippen LogP contribution in [0.2, 0.25) is 0 Å². The number of hydrogen-bond acceptors (Lipinski definition) is 3. The first-order valence-corrected chi connectivity index (χ1v) is 9.72. The van der Waals surface area contributed by atoms with Gasteiger partial charge < -0.3 is 10.3 Å². The molecule has 7 nitrogen and oxygen atoms in total. The summed E-state index contributed by atoms with van der Waals surface area (Å²) in [5, 5.41) is 4.43. The molecule has 152 valence electrons. The Morgan fingerprint density at radius 1 is 1.10 bits per heavy atom. The van der Waals surface area contributed by atoms with E-state index in [1.165, 1.54) is 6.08 Å². The third-order valence-corrected chi connectivity index (χ3v) is 5.28. The molecule has 1 unspecified atom stereocenters. The Hall–Kier alpha value is -3.87. The molecule has 1 atom stereocenters. The lowest BCUT2D eigenvalue weighted by Crippen LogP contribution is -2.48. The number of aromatic nitrogens is 1. The fraction of sp³-hybridized carbons (Fsp3) is 0.174. The van der Waals surface area contributed by atoms with Crippen LogP contribution in [0.1, 0.15) is 24.5 Å². The summed E-state index contributed by atoms with van der Waals surface area (Å²) in [6.07, 6.45) is 5.80. The summed E-state index contributed by atoms with van der Waals surface area (Å²) in [6, 6.07) is 16.8. The van der Waals surface area contributed by atoms with Crippen LogP contribution in [-0.2, 0) is 16.0 Å². The van der Waals surface area contributed by atoms with Crippen molar-refractivity contribution < 1.29 is 14.4 Å². The Labute approximate surface area is 173 Å². The molecule has 3 aromatic rings. The number of carbonyl (C=O) groups is 3. The van der Waals surface area contributed by atoms with Gasteiger partial charge in [-0.25, -0.2) is 4.79 Å². The van der Waals surface area contributed by atoms with Gasteiger partial charge in [-0.05, 0) is 43.0 Å². The SMILES string of the molecule is CC1(CCc2ccccc2)NC(=O)N(NC(=O)C=Cc2c[nH]c3ccccc23)C1=O. The Balaban J connectivity index is 1.40. The lowest BCUT2D eigenvalue weighted by molar-refractivity contribution is -0.137. The number of hydrogen-bond donors (Lipinski definition) is 3. The van der Waals surface area contributed by atoms with Gasteiger partial charge in [0.2, 0.25) is 0 Å². The van der Waals surface area contributed by atoms with Gasteiger partial charge in [-0.3, -0.25) is 15.0 Å². The summed E-state index contributed by atoms with van der Waals surface area (Å²) >= 11 is 0. The van der Waals surface area contributed by atoms with E-state index < -0.39 is 23.4 Å². The van der Waals surface area contributed by atoms with Crippen LogP contribution in [0.3, 0.4) is 0 Å². The zero-order chi connectivity index (χ0) is 21.1. The lowest BCUT2D eigenvalue weighted by atomic mass is 9.93. The van der Waals surface area contributed by atoms with Crippen LogP contribution in [-0.4, -0.2) is 33.4 Å². The predicted octanol–water partition coefficient (Wildman–Crippen LogP) is 3.16. The minimum absolute atomic E-state index is 0.430. The number of H-pyrrole nitrogens is 1. The summed E-state index contributed by atoms with van der Waals surface area (Å²) < 4.78 is 0. The number of urea groups is 1. The number of benzene rings is 2. The average molecular weight is 402 g/mol. The molecule has 1 saturated heterocycles. The highest BCUT2D eigenvalue weighted by Crippen LogP contribution is 2.22. The van der Waals surface area contributed by atoms with Gasteiger partial charge >= 0.3 is 6.03 Å². The smallest absolute Gasteiger partial charge is 0.344 e. The van der Waals surface area contributed by atoms with Crippen molar-refractivity contribution in [1.29, 1.82) is 0 Å². The quantitative estimate of drug-likeness (QED) is 0.437. The molecule has 1 aliphatic rings. The fourth-order valence-electron chi connectivity index (χ4n) is 3.54. The number of carbonyl (C=O) groups excluding carboxylic acids is 3. The maximum atomic E-state index is 12.8. The van der Waals surface area contributed by atoms with Crippen molar-refractivity contribution in [3.8, 4) is 0 Å². The molecule has 0 bridgehead atoms. The molecule has 3 N–H and O–H groups in total. The van der Waals surface area contributed by atoms with Gasteiger partial charge in [-0.2, -0.15) is 5.01 Å². The maximum absolute atomic E-state index is 12.8. The van der Waals surface area contributed by atoms with Gasteiger partial charge in [-0.15, -0.1) is 0 Å². The van der Waals surface area contributed by atoms with Gasteiger partial charge in [0.1, 0.15) is 5.54 Å². The molecule has 7 heteroatoms. The summed E-state index contributed by atoms with van der Waals surface area (Å²) in [7, 11) is 0. The molecular weight excluding hydrogens is 380 g/mol. The van der Waals surface area contributed by atoms with Crippen LogP contribution in [0.5, 0.6) is 0 Å². The third-order valence-electron chi connectivity index (χ3n) is 5.28. The molecule has 4 rings (SSSR count). The van der Waals surface area contributed by atoms with Crippen molar-refractivity contribution >= 4 is 34.8 Å². The van der Waals surface area contributed by atoms with Crippen LogP contribution < -0.4 is 10.7 Å². The van der Waals surface area contributed by atoms with E-state index in [1.807, 2.05) is 54.6 Å². The van der Waals surface area contributed by atoms with E-state index >= 15 is 0 Å². The van der Waals surface area contributed by atoms with Crippen molar-refractivity contribution in [3.05, 3.63) is 78.0 Å². The molecule has 30 heavy (non-hydrogen) atoms. The Bertz CT molecular complexity index is 1140. The Morgan fingerprint density at radius 3 is 2.63 bits per heavy atom. The van der Waals surface area contributed by atoms with Gasteiger partial charge in [0.15, 0.2) is 0 Å². The summed E-state index contributed by atoms with van der Waals surface area (Å²) in [5.41, 5.74) is 4.18. The number of imide groups is 1. The number of aryl methyl sites for hydroxylation is 1. The standard InChI is InChI=1S/C23H22N4O3/c1-23(14-13-16-7-3-2-4-8-16)21(29)27(22(30)25-23)26-20(28)12-11-17-15-24-19-10-6-5-9-18(17)19/h2-12,15,24H,13-14H2,1H3,(H,25,30)(H,26,28). The summed E-state index contributed by atoms with van der Waals surface area (Å²) in [6.45, 7) is 1.67. The normalized spacial score (nSPS) is 18.9. The van der Waals surface area contributed by atoms with Crippen molar-refractivity contribution in [3.63, 3.8) is 0 Å².